The molecule has 0 aromatic heterocycles. The molecule has 0 spiro atoms. The fourth-order valence-corrected chi connectivity index (χ4v) is 2.79. The van der Waals surface area contributed by atoms with Gasteiger partial charge in [0.05, 0.1) is 34.3 Å². The summed E-state index contributed by atoms with van der Waals surface area (Å²) in [4.78, 5) is 47.1. The van der Waals surface area contributed by atoms with E-state index < -0.39 is 28.4 Å². The number of rotatable bonds is 9. The van der Waals surface area contributed by atoms with E-state index in [-0.39, 0.29) is 34.0 Å². The number of benzene rings is 2. The summed E-state index contributed by atoms with van der Waals surface area (Å²) in [5.74, 6) is -1.90. The summed E-state index contributed by atoms with van der Waals surface area (Å²) in [6, 6.07) is 7.52. The Labute approximate surface area is 182 Å². The molecule has 0 saturated carbocycles. The molecule has 11 heteroatoms. The van der Waals surface area contributed by atoms with Crippen molar-refractivity contribution in [3.8, 4) is 0 Å². The molecule has 0 aliphatic rings. The summed E-state index contributed by atoms with van der Waals surface area (Å²) in [6.45, 7) is 2.31. The zero-order valence-electron chi connectivity index (χ0n) is 16.8. The van der Waals surface area contributed by atoms with Crippen molar-refractivity contribution in [1.29, 1.82) is 0 Å². The van der Waals surface area contributed by atoms with Gasteiger partial charge in [0.2, 0.25) is 0 Å². The van der Waals surface area contributed by atoms with Crippen molar-refractivity contribution in [2.24, 2.45) is 0 Å². The average molecular weight is 450 g/mol. The van der Waals surface area contributed by atoms with E-state index in [1.54, 1.807) is 6.92 Å². The number of non-ortho nitro benzene ring substituents is 1. The van der Waals surface area contributed by atoms with Crippen LogP contribution >= 0.6 is 11.6 Å². The topological polar surface area (TPSA) is 137 Å². The van der Waals surface area contributed by atoms with Crippen LogP contribution in [-0.2, 0) is 9.47 Å². The molecule has 0 atom stereocenters. The van der Waals surface area contributed by atoms with Crippen LogP contribution in [0.2, 0.25) is 5.02 Å². The first-order chi connectivity index (χ1) is 14.8. The number of nitrogens with one attached hydrogen (secondary N) is 2. The fraction of sp³-hybridized carbons (Fsp3) is 0.250. The number of methoxy groups -OCH3 is 1. The van der Waals surface area contributed by atoms with Crippen molar-refractivity contribution in [2.75, 3.05) is 32.2 Å². The maximum absolute atomic E-state index is 12.6. The molecule has 0 aliphatic heterocycles. The zero-order chi connectivity index (χ0) is 23.0. The highest BCUT2D eigenvalue weighted by Gasteiger charge is 2.19. The minimum Gasteiger partial charge on any atom is -0.462 e. The Bertz CT molecular complexity index is 1010. The molecule has 0 radical (unpaired) electrons. The van der Waals surface area contributed by atoms with Crippen LogP contribution in [-0.4, -0.2) is 49.6 Å². The summed E-state index contributed by atoms with van der Waals surface area (Å²) in [5, 5.41) is 16.4. The number of ether oxygens (including phenoxy) is 2. The van der Waals surface area contributed by atoms with Gasteiger partial charge in [-0.2, -0.15) is 0 Å². The van der Waals surface area contributed by atoms with E-state index in [0.29, 0.717) is 13.2 Å². The number of nitro groups is 1. The van der Waals surface area contributed by atoms with Gasteiger partial charge in [-0.15, -0.1) is 0 Å². The summed E-state index contributed by atoms with van der Waals surface area (Å²) in [5.41, 5.74) is -0.211. The van der Waals surface area contributed by atoms with Crippen LogP contribution in [0.4, 0.5) is 11.4 Å². The summed E-state index contributed by atoms with van der Waals surface area (Å²) < 4.78 is 9.70. The highest BCUT2D eigenvalue weighted by atomic mass is 35.5. The average Bonchev–Trinajstić information content (AvgIpc) is 2.73. The van der Waals surface area contributed by atoms with E-state index in [1.165, 1.54) is 31.4 Å². The Kier molecular flexibility index (Phi) is 8.47. The minimum atomic E-state index is -0.785. The van der Waals surface area contributed by atoms with Crippen molar-refractivity contribution >= 4 is 40.8 Å². The number of hydrogen-bond acceptors (Lipinski definition) is 7. The van der Waals surface area contributed by atoms with Crippen molar-refractivity contribution < 1.29 is 28.8 Å². The fourth-order valence-electron chi connectivity index (χ4n) is 2.52. The highest BCUT2D eigenvalue weighted by molar-refractivity contribution is 6.34. The molecule has 31 heavy (non-hydrogen) atoms. The van der Waals surface area contributed by atoms with E-state index in [1.807, 2.05) is 0 Å². The highest BCUT2D eigenvalue weighted by Crippen LogP contribution is 2.23. The van der Waals surface area contributed by atoms with E-state index in [0.717, 1.165) is 12.1 Å². The van der Waals surface area contributed by atoms with Crippen LogP contribution in [0.15, 0.2) is 36.4 Å². The van der Waals surface area contributed by atoms with Gasteiger partial charge in [-0.3, -0.25) is 19.7 Å². The maximum atomic E-state index is 12.6. The number of nitrogens with zero attached hydrogens (tertiary/aromatic N) is 1. The molecular weight excluding hydrogens is 430 g/mol. The van der Waals surface area contributed by atoms with Crippen molar-refractivity contribution in [2.45, 2.75) is 6.92 Å². The van der Waals surface area contributed by atoms with E-state index in [4.69, 9.17) is 21.1 Å². The molecular formula is C20H20ClN3O7. The first kappa shape index (κ1) is 23.8. The zero-order valence-corrected chi connectivity index (χ0v) is 17.5. The largest absolute Gasteiger partial charge is 0.462 e. The Morgan fingerprint density at radius 3 is 2.42 bits per heavy atom. The van der Waals surface area contributed by atoms with Gasteiger partial charge in [0.15, 0.2) is 0 Å². The van der Waals surface area contributed by atoms with Gasteiger partial charge in [0.1, 0.15) is 0 Å². The molecule has 10 nitrogen and oxygen atoms in total. The molecule has 0 fully saturated rings. The lowest BCUT2D eigenvalue weighted by molar-refractivity contribution is -0.384. The van der Waals surface area contributed by atoms with E-state index >= 15 is 0 Å². The molecule has 0 saturated heterocycles. The Morgan fingerprint density at radius 2 is 1.81 bits per heavy atom. The molecule has 2 amide bonds. The predicted molar refractivity (Wildman–Crippen MR) is 113 cm³/mol. The van der Waals surface area contributed by atoms with Gasteiger partial charge in [-0.25, -0.2) is 4.79 Å². The number of esters is 1. The molecule has 2 rings (SSSR count). The molecule has 2 aromatic rings. The van der Waals surface area contributed by atoms with Crippen molar-refractivity contribution in [1.82, 2.24) is 5.32 Å². The number of halogens is 1. The van der Waals surface area contributed by atoms with Crippen molar-refractivity contribution in [3.05, 3.63) is 68.2 Å². The summed E-state index contributed by atoms with van der Waals surface area (Å²) in [6.07, 6.45) is 0. The quantitative estimate of drug-likeness (QED) is 0.260. The SMILES string of the molecule is CCOC(=O)c1cc(C(=O)Nc2ccc(C(=O)NCCOC)c(Cl)c2)cc([N+](=O)[O-])c1. The van der Waals surface area contributed by atoms with Gasteiger partial charge < -0.3 is 20.1 Å². The Hall–Kier alpha value is -3.50. The van der Waals surface area contributed by atoms with Crippen LogP contribution in [0.5, 0.6) is 0 Å². The Balaban J connectivity index is 2.22. The first-order valence-corrected chi connectivity index (χ1v) is 9.49. The number of anilines is 1. The van der Waals surface area contributed by atoms with Crippen LogP contribution in [0.1, 0.15) is 38.0 Å². The maximum Gasteiger partial charge on any atom is 0.338 e. The number of hydrogen-bond donors (Lipinski definition) is 2. The third-order valence-corrected chi connectivity index (χ3v) is 4.28. The first-order valence-electron chi connectivity index (χ1n) is 9.11. The minimum absolute atomic E-state index is 0.0763. The van der Waals surface area contributed by atoms with Gasteiger partial charge in [-0.05, 0) is 31.2 Å². The standard InChI is InChI=1S/C20H20ClN3O7/c1-3-31-20(27)13-8-12(9-15(10-13)24(28)29)18(25)23-14-4-5-16(17(21)11-14)19(26)22-6-7-30-2/h4-5,8-11H,3,6-7H2,1-2H3,(H,22,26)(H,23,25). The van der Waals surface area contributed by atoms with Crippen LogP contribution in [0.3, 0.4) is 0 Å². The van der Waals surface area contributed by atoms with Gasteiger partial charge in [-0.1, -0.05) is 11.6 Å². The molecule has 0 unspecified atom stereocenters. The van der Waals surface area contributed by atoms with Gasteiger partial charge in [0, 0.05) is 37.0 Å². The normalized spacial score (nSPS) is 10.3. The lowest BCUT2D eigenvalue weighted by Crippen LogP contribution is -2.27. The summed E-state index contributed by atoms with van der Waals surface area (Å²) in [7, 11) is 1.51. The second-order valence-corrected chi connectivity index (χ2v) is 6.55. The number of nitro benzene ring substituents is 1. The lowest BCUT2D eigenvalue weighted by Gasteiger charge is -2.10. The molecule has 0 bridgehead atoms. The second kappa shape index (κ2) is 11.0. The lowest BCUT2D eigenvalue weighted by atomic mass is 10.1. The molecule has 164 valence electrons. The smallest absolute Gasteiger partial charge is 0.338 e. The van der Waals surface area contributed by atoms with Crippen LogP contribution < -0.4 is 10.6 Å². The van der Waals surface area contributed by atoms with Crippen molar-refractivity contribution in [3.63, 3.8) is 0 Å². The summed E-state index contributed by atoms with van der Waals surface area (Å²) >= 11 is 6.14. The van der Waals surface area contributed by atoms with Gasteiger partial charge >= 0.3 is 5.97 Å². The molecule has 0 aliphatic carbocycles. The number of carbonyl (C=O) groups is 3. The number of carbonyl (C=O) groups excluding carboxylic acids is 3. The predicted octanol–water partition coefficient (Wildman–Crippen LogP) is 3.05. The molecule has 0 heterocycles. The van der Waals surface area contributed by atoms with Gasteiger partial charge in [0.25, 0.3) is 17.5 Å². The second-order valence-electron chi connectivity index (χ2n) is 6.14. The van der Waals surface area contributed by atoms with E-state index in [9.17, 15) is 24.5 Å². The molecule has 2 aromatic carbocycles. The third kappa shape index (κ3) is 6.49. The van der Waals surface area contributed by atoms with E-state index in [2.05, 4.69) is 10.6 Å². The van der Waals surface area contributed by atoms with Crippen LogP contribution in [0.25, 0.3) is 0 Å². The molecule has 2 N–H and O–H groups in total. The Morgan fingerprint density at radius 1 is 1.10 bits per heavy atom. The third-order valence-electron chi connectivity index (χ3n) is 3.97. The number of amides is 2. The monoisotopic (exact) mass is 449 g/mol. The van der Waals surface area contributed by atoms with Crippen LogP contribution in [0, 0.1) is 10.1 Å².